The number of carbonyl (C=O) groups excluding carboxylic acids is 4. The summed E-state index contributed by atoms with van der Waals surface area (Å²) in [4.78, 5) is 48.7. The lowest BCUT2D eigenvalue weighted by molar-refractivity contribution is -0.161. The van der Waals surface area contributed by atoms with Gasteiger partial charge >= 0.3 is 0 Å². The molecule has 1 unspecified atom stereocenters. The van der Waals surface area contributed by atoms with Gasteiger partial charge in [-0.25, -0.2) is 0 Å². The molecule has 0 spiro atoms. The van der Waals surface area contributed by atoms with Crippen molar-refractivity contribution in [3.05, 3.63) is 0 Å². The van der Waals surface area contributed by atoms with Crippen LogP contribution in [0.2, 0.25) is 0 Å². The van der Waals surface area contributed by atoms with Crippen molar-refractivity contribution >= 4 is 46.3 Å². The fourth-order valence-electron chi connectivity index (χ4n) is 2.66. The number of rotatable bonds is 4. The number of hydrogen-bond donors (Lipinski definition) is 0. The summed E-state index contributed by atoms with van der Waals surface area (Å²) in [5, 5.41) is 0. The number of hydrogen-bond acceptors (Lipinski definition) is 4. The third-order valence-electron chi connectivity index (χ3n) is 4.17. The molecule has 118 valence electrons. The van der Waals surface area contributed by atoms with Crippen molar-refractivity contribution in [2.45, 2.75) is 45.9 Å². The van der Waals surface area contributed by atoms with Crippen LogP contribution in [0.3, 0.4) is 0 Å². The van der Waals surface area contributed by atoms with Crippen LogP contribution in [0.15, 0.2) is 0 Å². The van der Waals surface area contributed by atoms with Gasteiger partial charge in [0.1, 0.15) is 10.8 Å². The second-order valence-corrected chi connectivity index (χ2v) is 7.89. The van der Waals surface area contributed by atoms with Crippen LogP contribution in [-0.4, -0.2) is 28.0 Å². The van der Waals surface area contributed by atoms with Crippen molar-refractivity contribution in [2.75, 3.05) is 0 Å². The summed E-state index contributed by atoms with van der Waals surface area (Å²) in [5.74, 6) is -4.00. The highest BCUT2D eigenvalue weighted by Crippen LogP contribution is 2.41. The average molecular weight is 335 g/mol. The van der Waals surface area contributed by atoms with E-state index in [1.165, 1.54) is 27.7 Å². The molecule has 0 aliphatic heterocycles. The monoisotopic (exact) mass is 334 g/mol. The molecule has 1 rings (SSSR count). The third-order valence-corrected chi connectivity index (χ3v) is 5.03. The Morgan fingerprint density at radius 2 is 1.43 bits per heavy atom. The highest BCUT2D eigenvalue weighted by Gasteiger charge is 2.59. The van der Waals surface area contributed by atoms with Crippen LogP contribution in [0.25, 0.3) is 0 Å². The Labute approximate surface area is 134 Å². The molecule has 0 N–H and O–H groups in total. The first-order valence-electron chi connectivity index (χ1n) is 6.79. The maximum Gasteiger partial charge on any atom is 0.163 e. The number of carbonyl (C=O) groups is 4. The summed E-state index contributed by atoms with van der Waals surface area (Å²) in [7, 11) is 0. The highest BCUT2D eigenvalue weighted by molar-refractivity contribution is 6.44. The molecule has 0 bridgehead atoms. The Hall–Kier alpha value is -0.740. The summed E-state index contributed by atoms with van der Waals surface area (Å²) in [6.45, 7) is 7.51. The minimum absolute atomic E-state index is 0.0693. The molecule has 1 atom stereocenters. The molecule has 0 aromatic heterocycles. The molecule has 21 heavy (non-hydrogen) atoms. The normalized spacial score (nSPS) is 23.5. The van der Waals surface area contributed by atoms with Gasteiger partial charge in [-0.05, 0) is 33.6 Å². The van der Waals surface area contributed by atoms with Gasteiger partial charge in [0.2, 0.25) is 0 Å². The fourth-order valence-corrected chi connectivity index (χ4v) is 2.84. The first kappa shape index (κ1) is 18.3. The van der Waals surface area contributed by atoms with E-state index in [1.54, 1.807) is 6.92 Å². The molecule has 1 aliphatic carbocycles. The maximum absolute atomic E-state index is 12.4. The van der Waals surface area contributed by atoms with Crippen LogP contribution >= 0.6 is 23.2 Å². The molecular weight excluding hydrogens is 315 g/mol. The van der Waals surface area contributed by atoms with E-state index in [4.69, 9.17) is 23.2 Å². The van der Waals surface area contributed by atoms with E-state index >= 15 is 0 Å². The maximum atomic E-state index is 12.4. The van der Waals surface area contributed by atoms with E-state index in [1.807, 2.05) is 0 Å². The molecule has 0 amide bonds. The zero-order valence-corrected chi connectivity index (χ0v) is 14.3. The van der Waals surface area contributed by atoms with Crippen LogP contribution in [0.5, 0.6) is 0 Å². The number of halogens is 2. The molecule has 1 saturated carbocycles. The van der Waals surface area contributed by atoms with Crippen LogP contribution in [0, 0.1) is 22.7 Å². The second kappa shape index (κ2) is 5.81. The minimum Gasteiger partial charge on any atom is -0.298 e. The van der Waals surface area contributed by atoms with Crippen LogP contribution in [0.4, 0.5) is 0 Å². The Kier molecular flexibility index (Phi) is 5.06. The summed E-state index contributed by atoms with van der Waals surface area (Å²) in [6.07, 6.45) is -0.0693. The number of alkyl halides is 2. The van der Waals surface area contributed by atoms with Gasteiger partial charge in [-0.1, -0.05) is 6.92 Å². The van der Waals surface area contributed by atoms with Gasteiger partial charge < -0.3 is 0 Å². The molecule has 4 nitrogen and oxygen atoms in total. The van der Waals surface area contributed by atoms with Gasteiger partial charge in [0.05, 0.1) is 10.8 Å². The minimum atomic E-state index is -1.40. The molecule has 1 aliphatic rings. The van der Waals surface area contributed by atoms with E-state index in [2.05, 4.69) is 0 Å². The predicted molar refractivity (Wildman–Crippen MR) is 80.4 cm³/mol. The molecule has 6 heteroatoms. The molecule has 0 aromatic carbocycles. The van der Waals surface area contributed by atoms with Crippen LogP contribution in [-0.2, 0) is 19.2 Å². The van der Waals surface area contributed by atoms with E-state index in [0.29, 0.717) is 0 Å². The number of Topliss-reactive ketones (excluding diaryl/α,β-unsaturated/α-hetero) is 4. The third kappa shape index (κ3) is 3.07. The number of ketones is 4. The Morgan fingerprint density at radius 3 is 1.76 bits per heavy atom. The molecule has 0 saturated heterocycles. The van der Waals surface area contributed by atoms with Crippen molar-refractivity contribution < 1.29 is 19.2 Å². The van der Waals surface area contributed by atoms with Crippen molar-refractivity contribution in [1.29, 1.82) is 0 Å². The summed E-state index contributed by atoms with van der Waals surface area (Å²) in [5.41, 5.74) is -2.69. The smallest absolute Gasteiger partial charge is 0.163 e. The average Bonchev–Trinajstić information content (AvgIpc) is 2.35. The predicted octanol–water partition coefficient (Wildman–Crippen LogP) is 2.77. The van der Waals surface area contributed by atoms with E-state index in [9.17, 15) is 19.2 Å². The Balaban J connectivity index is 3.17. The van der Waals surface area contributed by atoms with Crippen molar-refractivity contribution in [1.82, 2.24) is 0 Å². The Morgan fingerprint density at radius 1 is 1.05 bits per heavy atom. The standard InChI is InChI=1S/C15H20Cl2O4/c1-7(12(16)17)6-8(18)9-10(19)14(2,3)13(21)15(4,5)11(9)20/h7,9,12H,6H2,1-5H3. The van der Waals surface area contributed by atoms with Gasteiger partial charge in [0.25, 0.3) is 0 Å². The zero-order chi connectivity index (χ0) is 16.7. The SMILES string of the molecule is CC(CC(=O)C1C(=O)C(C)(C)C(=O)C(C)(C)C1=O)C(Cl)Cl. The van der Waals surface area contributed by atoms with Gasteiger partial charge in [-0.15, -0.1) is 23.2 Å². The first-order chi connectivity index (χ1) is 9.35. The summed E-state index contributed by atoms with van der Waals surface area (Å²) < 4.78 is 0. The van der Waals surface area contributed by atoms with Crippen molar-refractivity contribution in [2.24, 2.45) is 22.7 Å². The van der Waals surface area contributed by atoms with Gasteiger partial charge in [0, 0.05) is 6.42 Å². The lowest BCUT2D eigenvalue weighted by atomic mass is 9.57. The quantitative estimate of drug-likeness (QED) is 0.585. The Bertz CT molecular complexity index is 476. The molecule has 1 fully saturated rings. The van der Waals surface area contributed by atoms with Gasteiger partial charge in [-0.3, -0.25) is 19.2 Å². The lowest BCUT2D eigenvalue weighted by Crippen LogP contribution is -2.59. The first-order valence-corrected chi connectivity index (χ1v) is 7.66. The van der Waals surface area contributed by atoms with Gasteiger partial charge in [0.15, 0.2) is 23.1 Å². The molecule has 0 heterocycles. The van der Waals surface area contributed by atoms with E-state index < -0.39 is 44.7 Å². The van der Waals surface area contributed by atoms with Gasteiger partial charge in [-0.2, -0.15) is 0 Å². The van der Waals surface area contributed by atoms with Crippen molar-refractivity contribution in [3.63, 3.8) is 0 Å². The fraction of sp³-hybridized carbons (Fsp3) is 0.733. The zero-order valence-electron chi connectivity index (χ0n) is 12.8. The summed E-state index contributed by atoms with van der Waals surface area (Å²) in [6, 6.07) is 0. The molecule has 0 radical (unpaired) electrons. The van der Waals surface area contributed by atoms with E-state index in [-0.39, 0.29) is 12.3 Å². The lowest BCUT2D eigenvalue weighted by Gasteiger charge is -2.40. The topological polar surface area (TPSA) is 68.3 Å². The van der Waals surface area contributed by atoms with E-state index in [0.717, 1.165) is 0 Å². The largest absolute Gasteiger partial charge is 0.298 e. The second-order valence-electron chi connectivity index (χ2n) is 6.72. The highest BCUT2D eigenvalue weighted by atomic mass is 35.5. The van der Waals surface area contributed by atoms with Crippen LogP contribution in [0.1, 0.15) is 41.0 Å². The summed E-state index contributed by atoms with van der Waals surface area (Å²) >= 11 is 11.4. The molecule has 0 aromatic rings. The van der Waals surface area contributed by atoms with Crippen LogP contribution < -0.4 is 0 Å². The van der Waals surface area contributed by atoms with Crippen molar-refractivity contribution in [3.8, 4) is 0 Å². The molecular formula is C15H20Cl2O4.